The summed E-state index contributed by atoms with van der Waals surface area (Å²) in [5, 5.41) is 11.3. The second kappa shape index (κ2) is 5.83. The minimum atomic E-state index is 0.0515. The summed E-state index contributed by atoms with van der Waals surface area (Å²) >= 11 is 1.61. The van der Waals surface area contributed by atoms with E-state index in [2.05, 4.69) is 9.88 Å². The first-order valence-corrected chi connectivity index (χ1v) is 7.15. The van der Waals surface area contributed by atoms with Crippen LogP contribution in [-0.2, 0) is 11.3 Å². The zero-order valence-electron chi connectivity index (χ0n) is 10.5. The normalized spacial score (nSPS) is 20.8. The van der Waals surface area contributed by atoms with E-state index in [0.717, 1.165) is 17.1 Å². The van der Waals surface area contributed by atoms with Gasteiger partial charge in [-0.25, -0.2) is 4.98 Å². The fourth-order valence-corrected chi connectivity index (χ4v) is 2.82. The zero-order chi connectivity index (χ0) is 13.1. The maximum absolute atomic E-state index is 9.33. The van der Waals surface area contributed by atoms with Gasteiger partial charge < -0.3 is 14.3 Å². The van der Waals surface area contributed by atoms with E-state index in [1.54, 1.807) is 17.6 Å². The molecule has 1 saturated heterocycles. The Morgan fingerprint density at radius 2 is 2.47 bits per heavy atom. The first-order valence-electron chi connectivity index (χ1n) is 6.28. The average Bonchev–Trinajstić information content (AvgIpc) is 3.09. The van der Waals surface area contributed by atoms with E-state index in [-0.39, 0.29) is 12.6 Å². The topological polar surface area (TPSA) is 58.7 Å². The maximum Gasteiger partial charge on any atom is 0.236 e. The molecule has 1 unspecified atom stereocenters. The van der Waals surface area contributed by atoms with Gasteiger partial charge in [0.1, 0.15) is 6.26 Å². The smallest absolute Gasteiger partial charge is 0.236 e. The number of aromatic nitrogens is 1. The number of nitrogens with zero attached hydrogens (tertiary/aromatic N) is 2. The number of aliphatic hydroxyl groups is 1. The third-order valence-electron chi connectivity index (χ3n) is 3.21. The molecule has 1 aliphatic heterocycles. The molecule has 2 aromatic rings. The van der Waals surface area contributed by atoms with Gasteiger partial charge in [-0.1, -0.05) is 6.07 Å². The van der Waals surface area contributed by atoms with Gasteiger partial charge in [-0.2, -0.15) is 0 Å². The van der Waals surface area contributed by atoms with E-state index in [1.807, 2.05) is 17.5 Å². The summed E-state index contributed by atoms with van der Waals surface area (Å²) in [4.78, 5) is 7.71. The summed E-state index contributed by atoms with van der Waals surface area (Å²) in [7, 11) is 0. The molecule has 1 N–H and O–H groups in total. The lowest BCUT2D eigenvalue weighted by molar-refractivity contribution is -0.0317. The first kappa shape index (κ1) is 12.8. The Labute approximate surface area is 115 Å². The Balaban J connectivity index is 1.69. The Morgan fingerprint density at radius 3 is 3.26 bits per heavy atom. The van der Waals surface area contributed by atoms with Crippen LogP contribution in [0, 0.1) is 0 Å². The summed E-state index contributed by atoms with van der Waals surface area (Å²) in [5.41, 5.74) is 0.892. The van der Waals surface area contributed by atoms with Crippen molar-refractivity contribution in [1.82, 2.24) is 9.88 Å². The Bertz CT molecular complexity index is 512. The molecule has 19 heavy (non-hydrogen) atoms. The molecule has 102 valence electrons. The van der Waals surface area contributed by atoms with E-state index < -0.39 is 0 Å². The van der Waals surface area contributed by atoms with Crippen molar-refractivity contribution < 1.29 is 14.3 Å². The highest BCUT2D eigenvalue weighted by atomic mass is 32.1. The number of oxazole rings is 1. The Hall–Kier alpha value is -1.21. The van der Waals surface area contributed by atoms with Crippen LogP contribution in [0.15, 0.2) is 28.2 Å². The van der Waals surface area contributed by atoms with Crippen LogP contribution in [0.5, 0.6) is 0 Å². The second-order valence-electron chi connectivity index (χ2n) is 4.50. The predicted molar refractivity (Wildman–Crippen MR) is 71.9 cm³/mol. The molecule has 1 fully saturated rings. The van der Waals surface area contributed by atoms with Crippen LogP contribution >= 0.6 is 11.3 Å². The highest BCUT2D eigenvalue weighted by Gasteiger charge is 2.23. The van der Waals surface area contributed by atoms with Crippen LogP contribution in [0.1, 0.15) is 5.69 Å². The van der Waals surface area contributed by atoms with Crippen LogP contribution in [-0.4, -0.2) is 47.4 Å². The number of morpholine rings is 1. The molecular weight excluding hydrogens is 264 g/mol. The monoisotopic (exact) mass is 280 g/mol. The van der Waals surface area contributed by atoms with E-state index in [1.165, 1.54) is 0 Å². The lowest BCUT2D eigenvalue weighted by Crippen LogP contribution is -2.46. The van der Waals surface area contributed by atoms with Gasteiger partial charge in [0.05, 0.1) is 36.4 Å². The Morgan fingerprint density at radius 1 is 1.53 bits per heavy atom. The molecule has 1 aliphatic rings. The fourth-order valence-electron chi connectivity index (χ4n) is 2.17. The van der Waals surface area contributed by atoms with Crippen molar-refractivity contribution in [2.75, 3.05) is 26.4 Å². The second-order valence-corrected chi connectivity index (χ2v) is 5.45. The molecule has 0 spiro atoms. The molecule has 5 nitrogen and oxygen atoms in total. The van der Waals surface area contributed by atoms with Crippen molar-refractivity contribution >= 4 is 11.3 Å². The molecule has 6 heteroatoms. The molecule has 2 aromatic heterocycles. The third kappa shape index (κ3) is 2.87. The largest absolute Gasteiger partial charge is 0.444 e. The number of thiophene rings is 1. The van der Waals surface area contributed by atoms with Crippen molar-refractivity contribution in [2.45, 2.75) is 12.6 Å². The summed E-state index contributed by atoms with van der Waals surface area (Å²) in [6.07, 6.45) is 1.69. The van der Waals surface area contributed by atoms with Gasteiger partial charge in [-0.15, -0.1) is 11.3 Å². The van der Waals surface area contributed by atoms with Crippen molar-refractivity contribution in [3.63, 3.8) is 0 Å². The molecule has 0 bridgehead atoms. The summed E-state index contributed by atoms with van der Waals surface area (Å²) in [6, 6.07) is 4.02. The quantitative estimate of drug-likeness (QED) is 0.921. The van der Waals surface area contributed by atoms with Gasteiger partial charge in [0.25, 0.3) is 0 Å². The van der Waals surface area contributed by atoms with Gasteiger partial charge in [-0.05, 0) is 11.4 Å². The lowest BCUT2D eigenvalue weighted by Gasteiger charge is -2.33. The van der Waals surface area contributed by atoms with Crippen molar-refractivity contribution in [3.05, 3.63) is 29.5 Å². The molecule has 0 amide bonds. The van der Waals surface area contributed by atoms with Gasteiger partial charge >= 0.3 is 0 Å². The number of rotatable bonds is 4. The SMILES string of the molecule is OCC1COCCN1Cc1coc(-c2cccs2)n1. The Kier molecular flexibility index (Phi) is 3.93. The first-order chi connectivity index (χ1) is 9.36. The lowest BCUT2D eigenvalue weighted by atomic mass is 10.2. The van der Waals surface area contributed by atoms with Crippen molar-refractivity contribution in [3.8, 4) is 10.8 Å². The minimum Gasteiger partial charge on any atom is -0.444 e. The third-order valence-corrected chi connectivity index (χ3v) is 4.07. The summed E-state index contributed by atoms with van der Waals surface area (Å²) in [6.45, 7) is 2.88. The van der Waals surface area contributed by atoms with E-state index in [0.29, 0.717) is 25.6 Å². The molecule has 0 aliphatic carbocycles. The number of hydrogen-bond acceptors (Lipinski definition) is 6. The molecule has 0 radical (unpaired) electrons. The van der Waals surface area contributed by atoms with Crippen LogP contribution in [0.2, 0.25) is 0 Å². The van der Waals surface area contributed by atoms with E-state index >= 15 is 0 Å². The molecule has 1 atom stereocenters. The van der Waals surface area contributed by atoms with E-state index in [9.17, 15) is 5.11 Å². The molecular formula is C13H16N2O3S. The highest BCUT2D eigenvalue weighted by Crippen LogP contribution is 2.24. The van der Waals surface area contributed by atoms with E-state index in [4.69, 9.17) is 9.15 Å². The summed E-state index contributed by atoms with van der Waals surface area (Å²) < 4.78 is 10.9. The van der Waals surface area contributed by atoms with Crippen LogP contribution in [0.3, 0.4) is 0 Å². The summed E-state index contributed by atoms with van der Waals surface area (Å²) in [5.74, 6) is 0.666. The highest BCUT2D eigenvalue weighted by molar-refractivity contribution is 7.13. The zero-order valence-corrected chi connectivity index (χ0v) is 11.3. The van der Waals surface area contributed by atoms with Gasteiger partial charge in [0, 0.05) is 13.1 Å². The minimum absolute atomic E-state index is 0.0515. The average molecular weight is 280 g/mol. The molecule has 0 aromatic carbocycles. The molecule has 3 rings (SSSR count). The molecule has 0 saturated carbocycles. The van der Waals surface area contributed by atoms with Crippen molar-refractivity contribution in [2.24, 2.45) is 0 Å². The standard InChI is InChI=1S/C13H16N2O3S/c16-7-11-9-17-4-3-15(11)6-10-8-18-13(14-10)12-2-1-5-19-12/h1-2,5,8,11,16H,3-4,6-7,9H2. The fraction of sp³-hybridized carbons (Fsp3) is 0.462. The van der Waals surface area contributed by atoms with Gasteiger partial charge in [-0.3, -0.25) is 4.90 Å². The number of hydrogen-bond donors (Lipinski definition) is 1. The number of aliphatic hydroxyl groups excluding tert-OH is 1. The maximum atomic E-state index is 9.33. The van der Waals surface area contributed by atoms with Crippen LogP contribution < -0.4 is 0 Å². The van der Waals surface area contributed by atoms with Gasteiger partial charge in [0.15, 0.2) is 0 Å². The predicted octanol–water partition coefficient (Wildman–Crippen LogP) is 1.60. The van der Waals surface area contributed by atoms with Crippen LogP contribution in [0.25, 0.3) is 10.8 Å². The number of ether oxygens (including phenoxy) is 1. The van der Waals surface area contributed by atoms with Crippen LogP contribution in [0.4, 0.5) is 0 Å². The van der Waals surface area contributed by atoms with Crippen molar-refractivity contribution in [1.29, 1.82) is 0 Å². The van der Waals surface area contributed by atoms with Gasteiger partial charge in [0.2, 0.25) is 5.89 Å². The molecule has 3 heterocycles.